The lowest BCUT2D eigenvalue weighted by molar-refractivity contribution is -0.462. The largest absolute Gasteiger partial charge is 0.388 e. The fourth-order valence-electron chi connectivity index (χ4n) is 2.04. The number of nitrogens with one attached hydrogen (secondary N) is 1. The average molecular weight is 291 g/mol. The molecule has 22 heavy (non-hydrogen) atoms. The molecule has 0 radical (unpaired) electrons. The van der Waals surface area contributed by atoms with Crippen molar-refractivity contribution in [3.8, 4) is 0 Å². The van der Waals surface area contributed by atoms with Crippen molar-refractivity contribution >= 4 is 17.5 Å². The standard InChI is InChI=1S/C20H22N2/c1-21-19-13-9-17(10-14-19)7-5-4-6-8-18-11-15-20(16-12-18)22(2)3/h4-16H,1-3H3/p+1. The SMILES string of the molecule is CNc1ccc(/C=C/C=C/C=C2C=CC(=[N+](C)C)C=C2)cc1. The Morgan fingerprint density at radius 2 is 1.55 bits per heavy atom. The zero-order valence-corrected chi connectivity index (χ0v) is 13.5. The molecule has 1 aliphatic rings. The molecule has 112 valence electrons. The molecule has 2 nitrogen and oxygen atoms in total. The molecule has 0 amide bonds. The highest BCUT2D eigenvalue weighted by atomic mass is 14.9. The van der Waals surface area contributed by atoms with Crippen LogP contribution in [-0.2, 0) is 0 Å². The Kier molecular flexibility index (Phi) is 5.73. The molecule has 0 aliphatic heterocycles. The predicted molar refractivity (Wildman–Crippen MR) is 97.6 cm³/mol. The van der Waals surface area contributed by atoms with Gasteiger partial charge < -0.3 is 5.32 Å². The molecule has 1 aromatic carbocycles. The Bertz CT molecular complexity index is 659. The van der Waals surface area contributed by atoms with Crippen LogP contribution in [0.5, 0.6) is 0 Å². The van der Waals surface area contributed by atoms with E-state index < -0.39 is 0 Å². The van der Waals surface area contributed by atoms with Gasteiger partial charge in [0.05, 0.1) is 0 Å². The Balaban J connectivity index is 1.92. The van der Waals surface area contributed by atoms with Gasteiger partial charge in [0, 0.05) is 24.9 Å². The Morgan fingerprint density at radius 3 is 2.14 bits per heavy atom. The molecule has 2 rings (SSSR count). The average Bonchev–Trinajstić information content (AvgIpc) is 2.55. The third kappa shape index (κ3) is 4.74. The van der Waals surface area contributed by atoms with Crippen molar-refractivity contribution in [3.05, 3.63) is 84.0 Å². The molecule has 0 unspecified atom stereocenters. The fraction of sp³-hybridized carbons (Fsp3) is 0.150. The highest BCUT2D eigenvalue weighted by Crippen LogP contribution is 2.10. The molecular weight excluding hydrogens is 268 g/mol. The normalized spacial score (nSPS) is 14.1. The minimum absolute atomic E-state index is 1.13. The van der Waals surface area contributed by atoms with E-state index in [1.807, 2.05) is 27.2 Å². The molecule has 0 saturated heterocycles. The molecule has 0 spiro atoms. The second kappa shape index (κ2) is 7.99. The number of hydrogen-bond acceptors (Lipinski definition) is 1. The first kappa shape index (κ1) is 15.8. The summed E-state index contributed by atoms with van der Waals surface area (Å²) in [6.45, 7) is 0. The maximum atomic E-state index is 3.11. The number of hydrogen-bond donors (Lipinski definition) is 1. The Morgan fingerprint density at radius 1 is 0.864 bits per heavy atom. The van der Waals surface area contributed by atoms with Crippen LogP contribution in [-0.4, -0.2) is 31.4 Å². The van der Waals surface area contributed by atoms with Gasteiger partial charge in [-0.15, -0.1) is 0 Å². The number of rotatable bonds is 4. The summed E-state index contributed by atoms with van der Waals surface area (Å²) in [6.07, 6.45) is 18.9. The number of anilines is 1. The second-order valence-corrected chi connectivity index (χ2v) is 5.27. The van der Waals surface area contributed by atoms with Gasteiger partial charge in [-0.05, 0) is 35.4 Å². The fourth-order valence-corrected chi connectivity index (χ4v) is 2.04. The molecule has 0 atom stereocenters. The molecule has 0 aromatic heterocycles. The summed E-state index contributed by atoms with van der Waals surface area (Å²) in [5.41, 5.74) is 4.74. The lowest BCUT2D eigenvalue weighted by atomic mass is 10.1. The van der Waals surface area contributed by atoms with Crippen molar-refractivity contribution in [1.29, 1.82) is 0 Å². The number of nitrogens with zero attached hydrogens (tertiary/aromatic N) is 1. The predicted octanol–water partition coefficient (Wildman–Crippen LogP) is 4.06. The zero-order valence-electron chi connectivity index (χ0n) is 13.5. The monoisotopic (exact) mass is 291 g/mol. The van der Waals surface area contributed by atoms with Gasteiger partial charge in [-0.25, -0.2) is 4.58 Å². The van der Waals surface area contributed by atoms with E-state index in [4.69, 9.17) is 0 Å². The molecule has 1 N–H and O–H groups in total. The molecule has 2 heteroatoms. The van der Waals surface area contributed by atoms with Gasteiger partial charge in [0.1, 0.15) is 14.1 Å². The summed E-state index contributed by atoms with van der Waals surface area (Å²) in [5.74, 6) is 0. The van der Waals surface area contributed by atoms with Crippen molar-refractivity contribution in [3.63, 3.8) is 0 Å². The molecule has 0 bridgehead atoms. The molecule has 1 aliphatic carbocycles. The lowest BCUT2D eigenvalue weighted by Crippen LogP contribution is -2.09. The van der Waals surface area contributed by atoms with E-state index in [9.17, 15) is 0 Å². The van der Waals surface area contributed by atoms with Crippen molar-refractivity contribution in [2.75, 3.05) is 26.5 Å². The van der Waals surface area contributed by atoms with Crippen LogP contribution in [0.1, 0.15) is 5.56 Å². The topological polar surface area (TPSA) is 15.0 Å². The number of benzene rings is 1. The smallest absolute Gasteiger partial charge is 0.199 e. The summed E-state index contributed by atoms with van der Waals surface area (Å²) in [6, 6.07) is 8.34. The van der Waals surface area contributed by atoms with Gasteiger partial charge in [0.25, 0.3) is 0 Å². The van der Waals surface area contributed by atoms with E-state index in [2.05, 4.69) is 82.8 Å². The minimum atomic E-state index is 1.13. The van der Waals surface area contributed by atoms with Gasteiger partial charge in [0.2, 0.25) is 0 Å². The molecule has 0 fully saturated rings. The molecule has 0 saturated carbocycles. The van der Waals surface area contributed by atoms with Crippen LogP contribution in [0.25, 0.3) is 6.08 Å². The van der Waals surface area contributed by atoms with Crippen LogP contribution in [0.2, 0.25) is 0 Å². The molecule has 1 aromatic rings. The zero-order chi connectivity index (χ0) is 15.8. The van der Waals surface area contributed by atoms with Gasteiger partial charge >= 0.3 is 0 Å². The third-order valence-electron chi connectivity index (χ3n) is 3.41. The van der Waals surface area contributed by atoms with Gasteiger partial charge in [-0.1, -0.05) is 42.5 Å². The quantitative estimate of drug-likeness (QED) is 0.653. The van der Waals surface area contributed by atoms with Crippen LogP contribution in [0.4, 0.5) is 5.69 Å². The van der Waals surface area contributed by atoms with Gasteiger partial charge in [-0.2, -0.15) is 0 Å². The summed E-state index contributed by atoms with van der Waals surface area (Å²) in [5, 5.41) is 3.11. The van der Waals surface area contributed by atoms with E-state index in [1.54, 1.807) is 0 Å². The van der Waals surface area contributed by atoms with Crippen molar-refractivity contribution in [1.82, 2.24) is 0 Å². The summed E-state index contributed by atoms with van der Waals surface area (Å²) < 4.78 is 2.10. The van der Waals surface area contributed by atoms with Crippen molar-refractivity contribution in [2.45, 2.75) is 0 Å². The van der Waals surface area contributed by atoms with Crippen LogP contribution >= 0.6 is 0 Å². The first-order chi connectivity index (χ1) is 10.7. The summed E-state index contributed by atoms with van der Waals surface area (Å²) in [7, 11) is 6.02. The lowest BCUT2D eigenvalue weighted by Gasteiger charge is -1.99. The van der Waals surface area contributed by atoms with Crippen LogP contribution in [0.3, 0.4) is 0 Å². The van der Waals surface area contributed by atoms with Crippen LogP contribution in [0, 0.1) is 0 Å². The number of allylic oxidation sites excluding steroid dienone is 9. The van der Waals surface area contributed by atoms with Crippen molar-refractivity contribution < 1.29 is 4.58 Å². The summed E-state index contributed by atoms with van der Waals surface area (Å²) >= 11 is 0. The van der Waals surface area contributed by atoms with E-state index in [0.717, 1.165) is 5.69 Å². The second-order valence-electron chi connectivity index (χ2n) is 5.27. The minimum Gasteiger partial charge on any atom is -0.388 e. The third-order valence-corrected chi connectivity index (χ3v) is 3.41. The first-order valence-electron chi connectivity index (χ1n) is 7.42. The highest BCUT2D eigenvalue weighted by molar-refractivity contribution is 6.02. The van der Waals surface area contributed by atoms with Crippen LogP contribution < -0.4 is 5.32 Å². The maximum absolute atomic E-state index is 3.11. The maximum Gasteiger partial charge on any atom is 0.199 e. The molecular formula is C20H23N2+. The van der Waals surface area contributed by atoms with E-state index in [-0.39, 0.29) is 0 Å². The molecule has 0 heterocycles. The highest BCUT2D eigenvalue weighted by Gasteiger charge is 2.02. The Hall–Kier alpha value is -2.61. The van der Waals surface area contributed by atoms with E-state index in [1.165, 1.54) is 16.8 Å². The summed E-state index contributed by atoms with van der Waals surface area (Å²) in [4.78, 5) is 0. The first-order valence-corrected chi connectivity index (χ1v) is 7.42. The van der Waals surface area contributed by atoms with Crippen molar-refractivity contribution in [2.24, 2.45) is 0 Å². The Labute approximate surface area is 133 Å². The van der Waals surface area contributed by atoms with Gasteiger partial charge in [0.15, 0.2) is 5.71 Å². The van der Waals surface area contributed by atoms with E-state index in [0.29, 0.717) is 0 Å². The van der Waals surface area contributed by atoms with E-state index >= 15 is 0 Å². The van der Waals surface area contributed by atoms with Crippen LogP contribution in [0.15, 0.2) is 78.4 Å². The van der Waals surface area contributed by atoms with Gasteiger partial charge in [-0.3, -0.25) is 0 Å².